The van der Waals surface area contributed by atoms with Gasteiger partial charge < -0.3 is 0 Å². The molecule has 0 unspecified atom stereocenters. The minimum Gasteiger partial charge on any atom is -0.204 e. The largest absolute Gasteiger partial charge is 0.204 e. The van der Waals surface area contributed by atoms with Crippen LogP contribution >= 0.6 is 0 Å². The van der Waals surface area contributed by atoms with Crippen molar-refractivity contribution < 1.29 is 22.0 Å². The zero-order chi connectivity index (χ0) is 24.9. The Kier molecular flexibility index (Phi) is 7.31. The molecular weight excluding hydrogens is 455 g/mol. The van der Waals surface area contributed by atoms with Crippen LogP contribution in [0.4, 0.5) is 22.0 Å². The molecule has 5 heteroatoms. The van der Waals surface area contributed by atoms with Gasteiger partial charge in [0.1, 0.15) is 0 Å². The first-order valence-electron chi connectivity index (χ1n) is 11.2. The Morgan fingerprint density at radius 3 is 2.06 bits per heavy atom. The molecule has 4 rings (SSSR count). The summed E-state index contributed by atoms with van der Waals surface area (Å²) in [5.74, 6) is -1.55. The van der Waals surface area contributed by atoms with Gasteiger partial charge in [-0.3, -0.25) is 0 Å². The lowest BCUT2D eigenvalue weighted by Crippen LogP contribution is -1.94. The number of hydrogen-bond acceptors (Lipinski definition) is 0. The Bertz CT molecular complexity index is 1450. The summed E-state index contributed by atoms with van der Waals surface area (Å²) < 4.78 is 70.3. The van der Waals surface area contributed by atoms with Crippen LogP contribution in [0.3, 0.4) is 0 Å². The summed E-state index contributed by atoms with van der Waals surface area (Å²) in [6.07, 6.45) is 3.27. The molecule has 0 bridgehead atoms. The lowest BCUT2D eigenvalue weighted by atomic mass is 9.97. The first kappa shape index (κ1) is 24.2. The second kappa shape index (κ2) is 10.6. The molecule has 0 radical (unpaired) electrons. The van der Waals surface area contributed by atoms with Crippen LogP contribution in [-0.2, 0) is 6.42 Å². The van der Waals surface area contributed by atoms with Gasteiger partial charge in [0, 0.05) is 22.3 Å². The molecule has 0 heterocycles. The van der Waals surface area contributed by atoms with Gasteiger partial charge in [0.2, 0.25) is 0 Å². The van der Waals surface area contributed by atoms with E-state index in [1.54, 1.807) is 30.3 Å². The van der Waals surface area contributed by atoms with E-state index in [2.05, 4.69) is 18.8 Å². The van der Waals surface area contributed by atoms with E-state index in [9.17, 15) is 17.6 Å². The molecule has 0 fully saturated rings. The maximum Gasteiger partial charge on any atom is 0.194 e. The highest BCUT2D eigenvalue weighted by Crippen LogP contribution is 2.35. The van der Waals surface area contributed by atoms with Crippen LogP contribution in [0.1, 0.15) is 47.6 Å². The summed E-state index contributed by atoms with van der Waals surface area (Å²) in [6, 6.07) is 18.5. The number of halogens is 5. The van der Waals surface area contributed by atoms with Gasteiger partial charge in [0.15, 0.2) is 29.1 Å². The third-order valence-electron chi connectivity index (χ3n) is 5.70. The molecule has 0 aliphatic heterocycles. The second-order valence-corrected chi connectivity index (χ2v) is 8.14. The van der Waals surface area contributed by atoms with Crippen molar-refractivity contribution in [2.45, 2.75) is 26.2 Å². The van der Waals surface area contributed by atoms with Gasteiger partial charge in [-0.15, -0.1) is 0 Å². The quantitative estimate of drug-likeness (QED) is 0.117. The van der Waals surface area contributed by atoms with Crippen LogP contribution in [0.25, 0.3) is 22.4 Å². The highest BCUT2D eigenvalue weighted by atomic mass is 19.2. The van der Waals surface area contributed by atoms with Crippen LogP contribution in [0.15, 0.2) is 72.8 Å². The number of aryl methyl sites for hydroxylation is 1. The third-order valence-corrected chi connectivity index (χ3v) is 5.70. The zero-order valence-corrected chi connectivity index (χ0v) is 18.9. The summed E-state index contributed by atoms with van der Waals surface area (Å²) in [5, 5.41) is 0.974. The van der Waals surface area contributed by atoms with Gasteiger partial charge in [-0.2, -0.15) is 0 Å². The van der Waals surface area contributed by atoms with Crippen LogP contribution in [0.5, 0.6) is 0 Å². The minimum absolute atomic E-state index is 0.103. The summed E-state index contributed by atoms with van der Waals surface area (Å²) in [7, 11) is 0. The fourth-order valence-corrected chi connectivity index (χ4v) is 3.80. The molecule has 0 aliphatic carbocycles. The summed E-state index contributed by atoms with van der Waals surface area (Å²) in [4.78, 5) is 0. The molecule has 0 N–H and O–H groups in total. The Morgan fingerprint density at radius 2 is 1.40 bits per heavy atom. The van der Waals surface area contributed by atoms with Gasteiger partial charge in [-0.1, -0.05) is 67.6 Å². The van der Waals surface area contributed by atoms with Crippen LogP contribution in [0.2, 0.25) is 0 Å². The van der Waals surface area contributed by atoms with E-state index in [0.29, 0.717) is 28.5 Å². The molecular formula is C30H21F5. The normalized spacial score (nSPS) is 11.7. The number of benzene rings is 4. The predicted octanol–water partition coefficient (Wildman–Crippen LogP) is 8.76. The third kappa shape index (κ3) is 5.27. The Hall–Kier alpha value is -3.91. The van der Waals surface area contributed by atoms with Crippen molar-refractivity contribution in [1.29, 1.82) is 0 Å². The number of hydrogen-bond donors (Lipinski definition) is 0. The highest BCUT2D eigenvalue weighted by Gasteiger charge is 2.19. The van der Waals surface area contributed by atoms with E-state index in [-0.39, 0.29) is 5.56 Å². The second-order valence-electron chi connectivity index (χ2n) is 8.14. The van der Waals surface area contributed by atoms with E-state index in [1.165, 1.54) is 11.6 Å². The number of fused-ring (bicyclic) bond motifs is 1. The average Bonchev–Trinajstić information content (AvgIpc) is 2.88. The topological polar surface area (TPSA) is 0 Å². The van der Waals surface area contributed by atoms with Crippen molar-refractivity contribution >= 4 is 22.4 Å². The van der Waals surface area contributed by atoms with Crippen LogP contribution in [-0.4, -0.2) is 0 Å². The van der Waals surface area contributed by atoms with Gasteiger partial charge in [0.25, 0.3) is 0 Å². The first-order valence-corrected chi connectivity index (χ1v) is 11.2. The van der Waals surface area contributed by atoms with E-state index >= 15 is 4.39 Å². The molecule has 0 aliphatic rings. The summed E-state index contributed by atoms with van der Waals surface area (Å²) >= 11 is 0. The van der Waals surface area contributed by atoms with Crippen molar-refractivity contribution in [1.82, 2.24) is 0 Å². The van der Waals surface area contributed by atoms with Gasteiger partial charge in [-0.25, -0.2) is 22.0 Å². The van der Waals surface area contributed by atoms with Gasteiger partial charge in [0.05, 0.1) is 0 Å². The van der Waals surface area contributed by atoms with E-state index in [4.69, 9.17) is 0 Å². The molecule has 176 valence electrons. The fraction of sp³-hybridized carbons (Fsp3) is 0.133. The minimum atomic E-state index is -1.74. The Morgan fingerprint density at radius 1 is 0.743 bits per heavy atom. The lowest BCUT2D eigenvalue weighted by Gasteiger charge is -2.09. The molecule has 4 aromatic carbocycles. The SMILES string of the molecule is CCCCc1ccc(C#Cc2ccc(/C(F)=C(\F)c3cc(F)c(F)c(F)c3)c3ccccc23)cc1. The fourth-order valence-electron chi connectivity index (χ4n) is 3.80. The summed E-state index contributed by atoms with van der Waals surface area (Å²) in [6.45, 7) is 2.15. The van der Waals surface area contributed by atoms with Crippen LogP contribution in [0, 0.1) is 29.3 Å². The maximum absolute atomic E-state index is 15.1. The van der Waals surface area contributed by atoms with E-state index < -0.39 is 34.7 Å². The number of rotatable bonds is 5. The Balaban J connectivity index is 1.72. The molecule has 0 amide bonds. The van der Waals surface area contributed by atoms with Crippen molar-refractivity contribution in [3.63, 3.8) is 0 Å². The maximum atomic E-state index is 15.1. The van der Waals surface area contributed by atoms with E-state index in [0.717, 1.165) is 24.8 Å². The first-order chi connectivity index (χ1) is 16.9. The lowest BCUT2D eigenvalue weighted by molar-refractivity contribution is 0.446. The Labute approximate surface area is 200 Å². The monoisotopic (exact) mass is 476 g/mol. The molecule has 0 saturated carbocycles. The molecule has 0 atom stereocenters. The molecule has 0 aromatic heterocycles. The van der Waals surface area contributed by atoms with Crippen molar-refractivity contribution in [2.24, 2.45) is 0 Å². The molecule has 35 heavy (non-hydrogen) atoms. The predicted molar refractivity (Wildman–Crippen MR) is 130 cm³/mol. The highest BCUT2D eigenvalue weighted by molar-refractivity contribution is 6.00. The summed E-state index contributed by atoms with van der Waals surface area (Å²) in [5.41, 5.74) is 1.86. The van der Waals surface area contributed by atoms with Crippen molar-refractivity contribution in [3.05, 3.63) is 118 Å². The molecule has 0 spiro atoms. The smallest absolute Gasteiger partial charge is 0.194 e. The average molecular weight is 476 g/mol. The van der Waals surface area contributed by atoms with E-state index in [1.807, 2.05) is 24.3 Å². The zero-order valence-electron chi connectivity index (χ0n) is 18.9. The molecule has 0 saturated heterocycles. The van der Waals surface area contributed by atoms with Crippen molar-refractivity contribution in [2.75, 3.05) is 0 Å². The molecule has 4 aromatic rings. The number of unbranched alkanes of at least 4 members (excludes halogenated alkanes) is 1. The van der Waals surface area contributed by atoms with Gasteiger partial charge in [-0.05, 0) is 59.5 Å². The van der Waals surface area contributed by atoms with Crippen molar-refractivity contribution in [3.8, 4) is 11.8 Å². The van der Waals surface area contributed by atoms with Crippen LogP contribution < -0.4 is 0 Å². The standard InChI is InChI=1S/C30H21F5/c1-2-3-6-19-9-11-20(12-10-19)13-14-21-15-16-25(24-8-5-4-7-23(21)24)29(34)28(33)22-17-26(31)30(35)27(32)18-22/h4-5,7-12,15-18H,2-3,6H2,1H3/b29-28+. The molecule has 0 nitrogen and oxygen atoms in total. The van der Waals surface area contributed by atoms with Gasteiger partial charge >= 0.3 is 0 Å².